The fourth-order valence-corrected chi connectivity index (χ4v) is 3.61. The van der Waals surface area contributed by atoms with Gasteiger partial charge in [-0.2, -0.15) is 0 Å². The van der Waals surface area contributed by atoms with Gasteiger partial charge < -0.3 is 15.0 Å². The Labute approximate surface area is 186 Å². The van der Waals surface area contributed by atoms with E-state index in [1.807, 2.05) is 77.9 Å². The molecule has 0 aromatic heterocycles. The van der Waals surface area contributed by atoms with E-state index in [-0.39, 0.29) is 24.5 Å². The minimum Gasteiger partial charge on any atom is -0.484 e. The van der Waals surface area contributed by atoms with Crippen molar-refractivity contribution in [1.29, 1.82) is 0 Å². The third-order valence-electron chi connectivity index (χ3n) is 5.38. The van der Waals surface area contributed by atoms with Crippen LogP contribution < -0.4 is 10.1 Å². The first-order valence-corrected chi connectivity index (χ1v) is 11.1. The summed E-state index contributed by atoms with van der Waals surface area (Å²) in [7, 11) is 0. The van der Waals surface area contributed by atoms with Gasteiger partial charge in [-0.1, -0.05) is 49.7 Å². The Balaban J connectivity index is 2.23. The lowest BCUT2D eigenvalue weighted by Gasteiger charge is -2.31. The molecule has 5 heteroatoms. The van der Waals surface area contributed by atoms with Crippen molar-refractivity contribution >= 4 is 11.8 Å². The first kappa shape index (κ1) is 24.4. The molecule has 0 aliphatic heterocycles. The Morgan fingerprint density at radius 2 is 1.65 bits per heavy atom. The van der Waals surface area contributed by atoms with E-state index >= 15 is 0 Å². The number of rotatable bonds is 10. The zero-order chi connectivity index (χ0) is 23.0. The monoisotopic (exact) mass is 424 g/mol. The lowest BCUT2D eigenvalue weighted by Crippen LogP contribution is -2.51. The topological polar surface area (TPSA) is 58.6 Å². The van der Waals surface area contributed by atoms with Crippen LogP contribution in [0.25, 0.3) is 0 Å². The van der Waals surface area contributed by atoms with E-state index in [1.165, 1.54) is 0 Å². The normalized spacial score (nSPS) is 12.7. The van der Waals surface area contributed by atoms with Crippen LogP contribution in [-0.2, 0) is 16.1 Å². The predicted octanol–water partition coefficient (Wildman–Crippen LogP) is 4.71. The SMILES string of the molecule is CC[C@@H](C)NC(=O)[C@@H](CC)N(Cc1cccc(C)c1)C(=O)COc1cc(C)cc(C)c1. The number of aryl methyl sites for hydroxylation is 3. The second-order valence-corrected chi connectivity index (χ2v) is 8.36. The molecule has 0 unspecified atom stereocenters. The molecule has 168 valence electrons. The zero-order valence-corrected chi connectivity index (χ0v) is 19.7. The number of benzene rings is 2. The van der Waals surface area contributed by atoms with Crippen molar-refractivity contribution in [2.24, 2.45) is 0 Å². The Bertz CT molecular complexity index is 874. The van der Waals surface area contributed by atoms with Gasteiger partial charge in [-0.15, -0.1) is 0 Å². The van der Waals surface area contributed by atoms with E-state index in [1.54, 1.807) is 4.90 Å². The largest absolute Gasteiger partial charge is 0.484 e. The van der Waals surface area contributed by atoms with Crippen molar-refractivity contribution in [2.75, 3.05) is 6.61 Å². The number of nitrogens with zero attached hydrogens (tertiary/aromatic N) is 1. The van der Waals surface area contributed by atoms with Crippen molar-refractivity contribution in [3.63, 3.8) is 0 Å². The van der Waals surface area contributed by atoms with Crippen LogP contribution in [0.3, 0.4) is 0 Å². The first-order valence-electron chi connectivity index (χ1n) is 11.1. The van der Waals surface area contributed by atoms with Crippen molar-refractivity contribution in [2.45, 2.75) is 73.0 Å². The van der Waals surface area contributed by atoms with Crippen LogP contribution in [-0.4, -0.2) is 35.4 Å². The standard InChI is InChI=1S/C26H36N2O3/c1-7-21(6)27-26(30)24(8-2)28(16-22-11-9-10-18(3)13-22)25(29)17-31-23-14-19(4)12-20(5)15-23/h9-15,21,24H,7-8,16-17H2,1-6H3,(H,27,30)/t21-,24-/m1/s1. The van der Waals surface area contributed by atoms with Crippen molar-refractivity contribution in [1.82, 2.24) is 10.2 Å². The minimum absolute atomic E-state index is 0.0593. The molecule has 2 atom stereocenters. The lowest BCUT2D eigenvalue weighted by atomic mass is 10.1. The fourth-order valence-electron chi connectivity index (χ4n) is 3.61. The minimum atomic E-state index is -0.551. The summed E-state index contributed by atoms with van der Waals surface area (Å²) in [6.45, 7) is 12.2. The van der Waals surface area contributed by atoms with Gasteiger partial charge in [-0.05, 0) is 69.4 Å². The van der Waals surface area contributed by atoms with Gasteiger partial charge in [0.15, 0.2) is 6.61 Å². The maximum atomic E-state index is 13.3. The molecule has 0 fully saturated rings. The number of hydrogen-bond acceptors (Lipinski definition) is 3. The van der Waals surface area contributed by atoms with Gasteiger partial charge in [-0.3, -0.25) is 9.59 Å². The highest BCUT2D eigenvalue weighted by atomic mass is 16.5. The van der Waals surface area contributed by atoms with Crippen LogP contribution >= 0.6 is 0 Å². The number of amides is 2. The molecule has 0 heterocycles. The summed E-state index contributed by atoms with van der Waals surface area (Å²) in [5, 5.41) is 3.03. The second kappa shape index (κ2) is 11.5. The Hall–Kier alpha value is -2.82. The van der Waals surface area contributed by atoms with Gasteiger partial charge in [0.05, 0.1) is 0 Å². The van der Waals surface area contributed by atoms with E-state index in [0.717, 1.165) is 28.7 Å². The van der Waals surface area contributed by atoms with E-state index in [0.29, 0.717) is 18.7 Å². The van der Waals surface area contributed by atoms with E-state index in [4.69, 9.17) is 4.74 Å². The molecule has 0 aliphatic carbocycles. The molecule has 2 rings (SSSR count). The third kappa shape index (κ3) is 7.42. The van der Waals surface area contributed by atoms with E-state index in [2.05, 4.69) is 11.4 Å². The molecular formula is C26H36N2O3. The van der Waals surface area contributed by atoms with Gasteiger partial charge in [0, 0.05) is 12.6 Å². The summed E-state index contributed by atoms with van der Waals surface area (Å²) in [6.07, 6.45) is 1.37. The molecule has 2 aromatic carbocycles. The molecule has 0 saturated heterocycles. The maximum Gasteiger partial charge on any atom is 0.261 e. The lowest BCUT2D eigenvalue weighted by molar-refractivity contribution is -0.143. The number of carbonyl (C=O) groups is 2. The summed E-state index contributed by atoms with van der Waals surface area (Å²) in [5.41, 5.74) is 4.28. The van der Waals surface area contributed by atoms with Gasteiger partial charge in [-0.25, -0.2) is 0 Å². The smallest absolute Gasteiger partial charge is 0.261 e. The van der Waals surface area contributed by atoms with Crippen molar-refractivity contribution in [3.05, 3.63) is 64.7 Å². The number of carbonyl (C=O) groups excluding carboxylic acids is 2. The van der Waals surface area contributed by atoms with Crippen molar-refractivity contribution < 1.29 is 14.3 Å². The summed E-state index contributed by atoms with van der Waals surface area (Å²) in [6, 6.07) is 13.4. The average Bonchev–Trinajstić information content (AvgIpc) is 2.71. The van der Waals surface area contributed by atoms with Crippen LogP contribution in [0, 0.1) is 20.8 Å². The Morgan fingerprint density at radius 3 is 2.23 bits per heavy atom. The van der Waals surface area contributed by atoms with Crippen LogP contribution in [0.4, 0.5) is 0 Å². The summed E-state index contributed by atoms with van der Waals surface area (Å²) >= 11 is 0. The number of hydrogen-bond donors (Lipinski definition) is 1. The molecule has 5 nitrogen and oxygen atoms in total. The third-order valence-corrected chi connectivity index (χ3v) is 5.38. The molecule has 2 aromatic rings. The van der Waals surface area contributed by atoms with Gasteiger partial charge in [0.25, 0.3) is 5.91 Å². The predicted molar refractivity (Wildman–Crippen MR) is 125 cm³/mol. The van der Waals surface area contributed by atoms with Gasteiger partial charge >= 0.3 is 0 Å². The van der Waals surface area contributed by atoms with E-state index in [9.17, 15) is 9.59 Å². The molecule has 31 heavy (non-hydrogen) atoms. The van der Waals surface area contributed by atoms with Crippen molar-refractivity contribution in [3.8, 4) is 5.75 Å². The molecule has 0 radical (unpaired) electrons. The average molecular weight is 425 g/mol. The molecule has 2 amide bonds. The highest BCUT2D eigenvalue weighted by Crippen LogP contribution is 2.18. The number of ether oxygens (including phenoxy) is 1. The van der Waals surface area contributed by atoms with Crippen LogP contribution in [0.5, 0.6) is 5.75 Å². The van der Waals surface area contributed by atoms with Gasteiger partial charge in [0.1, 0.15) is 11.8 Å². The summed E-state index contributed by atoms with van der Waals surface area (Å²) in [4.78, 5) is 27.9. The van der Waals surface area contributed by atoms with E-state index < -0.39 is 6.04 Å². The molecule has 0 spiro atoms. The molecule has 0 aliphatic rings. The number of nitrogens with one attached hydrogen (secondary N) is 1. The quantitative estimate of drug-likeness (QED) is 0.601. The first-order chi connectivity index (χ1) is 14.7. The summed E-state index contributed by atoms with van der Waals surface area (Å²) in [5.74, 6) is 0.342. The fraction of sp³-hybridized carbons (Fsp3) is 0.462. The second-order valence-electron chi connectivity index (χ2n) is 8.36. The van der Waals surface area contributed by atoms with Crippen LogP contribution in [0.2, 0.25) is 0 Å². The molecule has 1 N–H and O–H groups in total. The van der Waals surface area contributed by atoms with Crippen LogP contribution in [0.1, 0.15) is 55.9 Å². The Morgan fingerprint density at radius 1 is 0.968 bits per heavy atom. The highest BCUT2D eigenvalue weighted by Gasteiger charge is 2.29. The molecular weight excluding hydrogens is 388 g/mol. The maximum absolute atomic E-state index is 13.3. The Kier molecular flexibility index (Phi) is 9.10. The van der Waals surface area contributed by atoms with Gasteiger partial charge in [0.2, 0.25) is 5.91 Å². The van der Waals surface area contributed by atoms with Crippen LogP contribution in [0.15, 0.2) is 42.5 Å². The zero-order valence-electron chi connectivity index (χ0n) is 19.7. The highest BCUT2D eigenvalue weighted by molar-refractivity contribution is 5.88. The summed E-state index contributed by atoms with van der Waals surface area (Å²) < 4.78 is 5.83. The molecule has 0 bridgehead atoms. The molecule has 0 saturated carbocycles.